The smallest absolute Gasteiger partial charge is 0.244 e. The Hall–Kier alpha value is -1.20. The highest BCUT2D eigenvalue weighted by Gasteiger charge is 2.13. The number of nitrogens with one attached hydrogen (secondary N) is 1. The first-order chi connectivity index (χ1) is 8.02. The van der Waals surface area contributed by atoms with Gasteiger partial charge in [-0.3, -0.25) is 4.79 Å². The molecule has 0 aromatic carbocycles. The monoisotopic (exact) mass is 254 g/mol. The Kier molecular flexibility index (Phi) is 5.31. The van der Waals surface area contributed by atoms with Gasteiger partial charge >= 0.3 is 0 Å². The van der Waals surface area contributed by atoms with Crippen molar-refractivity contribution in [2.45, 2.75) is 26.8 Å². The summed E-state index contributed by atoms with van der Waals surface area (Å²) in [6, 6.07) is -0.204. The van der Waals surface area contributed by atoms with Crippen LogP contribution in [0.3, 0.4) is 0 Å². The zero-order valence-corrected chi connectivity index (χ0v) is 11.1. The van der Waals surface area contributed by atoms with Crippen molar-refractivity contribution in [2.75, 3.05) is 6.61 Å². The molecule has 0 aliphatic rings. The van der Waals surface area contributed by atoms with E-state index in [-0.39, 0.29) is 24.5 Å². The number of aryl methyl sites for hydroxylation is 1. The summed E-state index contributed by atoms with van der Waals surface area (Å²) in [4.78, 5) is 15.8. The number of thiazole rings is 1. The number of nitrogens with zero attached hydrogens (tertiary/aromatic N) is 1. The molecule has 1 atom stereocenters. The van der Waals surface area contributed by atoms with Crippen molar-refractivity contribution >= 4 is 23.3 Å². The first-order valence-electron chi connectivity index (χ1n) is 5.54. The minimum Gasteiger partial charge on any atom is -0.394 e. The fourth-order valence-electron chi connectivity index (χ4n) is 1.27. The average Bonchev–Trinajstić information content (AvgIpc) is 2.68. The lowest BCUT2D eigenvalue weighted by Crippen LogP contribution is -2.40. The number of carbonyl (C=O) groups is 1. The van der Waals surface area contributed by atoms with E-state index >= 15 is 0 Å². The van der Waals surface area contributed by atoms with Crippen LogP contribution in [0.15, 0.2) is 11.5 Å². The Morgan fingerprint density at radius 2 is 2.35 bits per heavy atom. The summed E-state index contributed by atoms with van der Waals surface area (Å²) in [5, 5.41) is 14.7. The van der Waals surface area contributed by atoms with Crippen LogP contribution >= 0.6 is 11.3 Å². The zero-order valence-electron chi connectivity index (χ0n) is 10.3. The Balaban J connectivity index is 2.52. The van der Waals surface area contributed by atoms with Gasteiger partial charge in [0.25, 0.3) is 0 Å². The van der Waals surface area contributed by atoms with Crippen LogP contribution in [-0.2, 0) is 4.79 Å². The van der Waals surface area contributed by atoms with Gasteiger partial charge in [-0.05, 0) is 18.9 Å². The van der Waals surface area contributed by atoms with Crippen molar-refractivity contribution in [1.82, 2.24) is 10.3 Å². The second-order valence-corrected chi connectivity index (χ2v) is 5.23. The molecule has 0 saturated heterocycles. The van der Waals surface area contributed by atoms with Gasteiger partial charge in [0.1, 0.15) is 0 Å². The van der Waals surface area contributed by atoms with Crippen LogP contribution in [0.5, 0.6) is 0 Å². The minimum atomic E-state index is -0.205. The number of amides is 1. The van der Waals surface area contributed by atoms with E-state index in [1.54, 1.807) is 17.4 Å². The van der Waals surface area contributed by atoms with Gasteiger partial charge in [-0.1, -0.05) is 13.8 Å². The largest absolute Gasteiger partial charge is 0.394 e. The van der Waals surface area contributed by atoms with Crippen LogP contribution in [0.4, 0.5) is 0 Å². The summed E-state index contributed by atoms with van der Waals surface area (Å²) in [6.07, 6.45) is 3.12. The van der Waals surface area contributed by atoms with Crippen molar-refractivity contribution in [2.24, 2.45) is 5.92 Å². The summed E-state index contributed by atoms with van der Waals surface area (Å²) in [5.41, 5.74) is 0.785. The molecule has 0 saturated carbocycles. The molecule has 0 spiro atoms. The molecule has 0 aliphatic heterocycles. The third kappa shape index (κ3) is 4.66. The average molecular weight is 254 g/mol. The lowest BCUT2D eigenvalue weighted by Gasteiger charge is -2.18. The normalized spacial score (nSPS) is 13.2. The molecule has 0 aliphatic carbocycles. The Bertz CT molecular complexity index is 399. The lowest BCUT2D eigenvalue weighted by molar-refractivity contribution is -0.117. The predicted octanol–water partition coefficient (Wildman–Crippen LogP) is 1.60. The maximum absolute atomic E-state index is 11.6. The highest BCUT2D eigenvalue weighted by atomic mass is 32.1. The molecule has 1 unspecified atom stereocenters. The highest BCUT2D eigenvalue weighted by molar-refractivity contribution is 7.09. The molecule has 1 amide bonds. The maximum atomic E-state index is 11.6. The quantitative estimate of drug-likeness (QED) is 0.785. The molecular weight excluding hydrogens is 236 g/mol. The molecule has 0 radical (unpaired) electrons. The van der Waals surface area contributed by atoms with E-state index in [1.165, 1.54) is 6.08 Å². The molecule has 4 nitrogen and oxygen atoms in total. The van der Waals surface area contributed by atoms with Gasteiger partial charge in [0.15, 0.2) is 0 Å². The fourth-order valence-corrected chi connectivity index (χ4v) is 1.85. The molecule has 2 N–H and O–H groups in total. The molecule has 5 heteroatoms. The van der Waals surface area contributed by atoms with E-state index in [9.17, 15) is 4.79 Å². The topological polar surface area (TPSA) is 62.2 Å². The molecule has 94 valence electrons. The van der Waals surface area contributed by atoms with E-state index in [0.29, 0.717) is 0 Å². The molecule has 0 fully saturated rings. The van der Waals surface area contributed by atoms with Crippen LogP contribution in [0, 0.1) is 12.8 Å². The van der Waals surface area contributed by atoms with Crippen molar-refractivity contribution in [1.29, 1.82) is 0 Å². The van der Waals surface area contributed by atoms with Gasteiger partial charge in [-0.25, -0.2) is 4.98 Å². The first kappa shape index (κ1) is 13.9. The second kappa shape index (κ2) is 6.51. The number of aromatic nitrogens is 1. The summed E-state index contributed by atoms with van der Waals surface area (Å²) in [7, 11) is 0. The molecule has 1 aromatic rings. The van der Waals surface area contributed by atoms with Crippen LogP contribution in [0.1, 0.15) is 24.5 Å². The summed E-state index contributed by atoms with van der Waals surface area (Å²) in [5.74, 6) is 0.00210. The molecule has 17 heavy (non-hydrogen) atoms. The van der Waals surface area contributed by atoms with Crippen molar-refractivity contribution < 1.29 is 9.90 Å². The number of hydrogen-bond donors (Lipinski definition) is 2. The van der Waals surface area contributed by atoms with Gasteiger partial charge in [-0.15, -0.1) is 11.3 Å². The fraction of sp³-hybridized carbons (Fsp3) is 0.500. The van der Waals surface area contributed by atoms with Gasteiger partial charge in [0, 0.05) is 11.5 Å². The second-order valence-electron chi connectivity index (χ2n) is 4.17. The highest BCUT2D eigenvalue weighted by Crippen LogP contribution is 2.09. The van der Waals surface area contributed by atoms with Gasteiger partial charge in [0.05, 0.1) is 23.4 Å². The van der Waals surface area contributed by atoms with E-state index in [0.717, 1.165) is 10.7 Å². The Morgan fingerprint density at radius 3 is 2.82 bits per heavy atom. The SMILES string of the molecule is Cc1nc(/C=C/C(=O)NC(CO)C(C)C)cs1. The first-order valence-corrected chi connectivity index (χ1v) is 6.42. The molecule has 1 heterocycles. The van der Waals surface area contributed by atoms with Crippen LogP contribution < -0.4 is 5.32 Å². The molecule has 1 rings (SSSR count). The standard InChI is InChI=1S/C12H18N2O2S/c1-8(2)11(6-15)14-12(16)5-4-10-7-17-9(3)13-10/h4-5,7-8,11,15H,6H2,1-3H3,(H,14,16)/b5-4+. The van der Waals surface area contributed by atoms with Crippen molar-refractivity contribution in [3.05, 3.63) is 22.2 Å². The predicted molar refractivity (Wildman–Crippen MR) is 69.7 cm³/mol. The Labute approximate surface area is 105 Å². The third-order valence-electron chi connectivity index (χ3n) is 2.37. The molecule has 0 bridgehead atoms. The van der Waals surface area contributed by atoms with E-state index in [1.807, 2.05) is 26.2 Å². The lowest BCUT2D eigenvalue weighted by atomic mass is 10.1. The number of aliphatic hydroxyl groups excluding tert-OH is 1. The number of carbonyl (C=O) groups excluding carboxylic acids is 1. The number of hydrogen-bond acceptors (Lipinski definition) is 4. The summed E-state index contributed by atoms with van der Waals surface area (Å²) < 4.78 is 0. The van der Waals surface area contributed by atoms with E-state index in [2.05, 4.69) is 10.3 Å². The van der Waals surface area contributed by atoms with Gasteiger partial charge in [0.2, 0.25) is 5.91 Å². The number of aliphatic hydroxyl groups is 1. The summed E-state index contributed by atoms with van der Waals surface area (Å²) >= 11 is 1.55. The maximum Gasteiger partial charge on any atom is 0.244 e. The van der Waals surface area contributed by atoms with E-state index in [4.69, 9.17) is 5.11 Å². The van der Waals surface area contributed by atoms with Crippen LogP contribution in [-0.4, -0.2) is 28.6 Å². The van der Waals surface area contributed by atoms with Crippen molar-refractivity contribution in [3.63, 3.8) is 0 Å². The van der Waals surface area contributed by atoms with Crippen LogP contribution in [0.2, 0.25) is 0 Å². The summed E-state index contributed by atoms with van der Waals surface area (Å²) in [6.45, 7) is 5.78. The molecule has 1 aromatic heterocycles. The zero-order chi connectivity index (χ0) is 12.8. The van der Waals surface area contributed by atoms with Crippen LogP contribution in [0.25, 0.3) is 6.08 Å². The van der Waals surface area contributed by atoms with Gasteiger partial charge in [-0.2, -0.15) is 0 Å². The number of rotatable bonds is 5. The minimum absolute atomic E-state index is 0.0486. The Morgan fingerprint density at radius 1 is 1.65 bits per heavy atom. The molecular formula is C12H18N2O2S. The van der Waals surface area contributed by atoms with Gasteiger partial charge < -0.3 is 10.4 Å². The van der Waals surface area contributed by atoms with Crippen molar-refractivity contribution in [3.8, 4) is 0 Å². The third-order valence-corrected chi connectivity index (χ3v) is 3.16. The van der Waals surface area contributed by atoms with E-state index < -0.39 is 0 Å².